The molecule has 4 heteroatoms. The van der Waals surface area contributed by atoms with Crippen LogP contribution in [-0.2, 0) is 4.79 Å². The third-order valence-corrected chi connectivity index (χ3v) is 5.33. The van der Waals surface area contributed by atoms with Gasteiger partial charge in [-0.05, 0) is 44.3 Å². The van der Waals surface area contributed by atoms with E-state index in [-0.39, 0.29) is 11.3 Å². The first-order valence-corrected chi connectivity index (χ1v) is 7.89. The number of hydrogen-bond donors (Lipinski definition) is 1. The van der Waals surface area contributed by atoms with Gasteiger partial charge in [0.2, 0.25) is 5.91 Å². The van der Waals surface area contributed by atoms with E-state index in [4.69, 9.17) is 5.73 Å². The van der Waals surface area contributed by atoms with Gasteiger partial charge < -0.3 is 10.6 Å². The maximum absolute atomic E-state index is 12.4. The Morgan fingerprint density at radius 2 is 2.18 bits per heavy atom. The van der Waals surface area contributed by atoms with Crippen LogP contribution < -0.4 is 5.73 Å². The van der Waals surface area contributed by atoms with Gasteiger partial charge in [-0.2, -0.15) is 0 Å². The summed E-state index contributed by atoms with van der Waals surface area (Å²) in [6.45, 7) is 3.89. The fourth-order valence-corrected chi connectivity index (χ4v) is 4.06. The first kappa shape index (κ1) is 13.2. The van der Waals surface area contributed by atoms with E-state index in [1.165, 1.54) is 19.3 Å². The topological polar surface area (TPSA) is 46.3 Å². The van der Waals surface area contributed by atoms with Crippen LogP contribution in [0.4, 0.5) is 0 Å². The molecular formula is C13H24N2OS. The van der Waals surface area contributed by atoms with Crippen molar-refractivity contribution < 1.29 is 4.79 Å². The Morgan fingerprint density at radius 1 is 1.35 bits per heavy atom. The molecule has 0 spiro atoms. The van der Waals surface area contributed by atoms with E-state index in [1.807, 2.05) is 11.8 Å². The van der Waals surface area contributed by atoms with Crippen LogP contribution in [0.3, 0.4) is 0 Å². The van der Waals surface area contributed by atoms with Gasteiger partial charge in [0.1, 0.15) is 0 Å². The predicted octanol–water partition coefficient (Wildman–Crippen LogP) is 1.86. The van der Waals surface area contributed by atoms with E-state index >= 15 is 0 Å². The van der Waals surface area contributed by atoms with Crippen molar-refractivity contribution >= 4 is 17.7 Å². The minimum Gasteiger partial charge on any atom is -0.341 e. The summed E-state index contributed by atoms with van der Waals surface area (Å²) in [5.41, 5.74) is 5.96. The van der Waals surface area contributed by atoms with Crippen molar-refractivity contribution in [3.63, 3.8) is 0 Å². The van der Waals surface area contributed by atoms with Gasteiger partial charge >= 0.3 is 0 Å². The SMILES string of the molecule is CC(N)C1CCCN(C(=O)C2CCCCS2)C1. The van der Waals surface area contributed by atoms with Gasteiger partial charge in [-0.1, -0.05) is 6.42 Å². The van der Waals surface area contributed by atoms with Crippen LogP contribution in [0.2, 0.25) is 0 Å². The Labute approximate surface area is 108 Å². The highest BCUT2D eigenvalue weighted by atomic mass is 32.2. The van der Waals surface area contributed by atoms with Gasteiger partial charge in [0.05, 0.1) is 5.25 Å². The van der Waals surface area contributed by atoms with Gasteiger partial charge in [-0.15, -0.1) is 11.8 Å². The Hall–Kier alpha value is -0.220. The molecule has 0 aromatic rings. The average Bonchev–Trinajstić information content (AvgIpc) is 2.39. The number of likely N-dealkylation sites (tertiary alicyclic amines) is 1. The van der Waals surface area contributed by atoms with Crippen molar-refractivity contribution in [1.29, 1.82) is 0 Å². The lowest BCUT2D eigenvalue weighted by atomic mass is 9.92. The van der Waals surface area contributed by atoms with Crippen molar-refractivity contribution in [2.24, 2.45) is 11.7 Å². The summed E-state index contributed by atoms with van der Waals surface area (Å²) in [4.78, 5) is 14.5. The maximum atomic E-state index is 12.4. The predicted molar refractivity (Wildman–Crippen MR) is 73.1 cm³/mol. The van der Waals surface area contributed by atoms with Crippen LogP contribution in [0.15, 0.2) is 0 Å². The lowest BCUT2D eigenvalue weighted by molar-refractivity contribution is -0.132. The summed E-state index contributed by atoms with van der Waals surface area (Å²) in [5, 5.41) is 0.232. The number of hydrogen-bond acceptors (Lipinski definition) is 3. The molecule has 3 atom stereocenters. The van der Waals surface area contributed by atoms with Gasteiger partial charge in [0, 0.05) is 19.1 Å². The molecular weight excluding hydrogens is 232 g/mol. The highest BCUT2D eigenvalue weighted by Gasteiger charge is 2.31. The second kappa shape index (κ2) is 6.10. The zero-order valence-electron chi connectivity index (χ0n) is 10.7. The third kappa shape index (κ3) is 3.38. The van der Waals surface area contributed by atoms with E-state index in [1.54, 1.807) is 0 Å². The highest BCUT2D eigenvalue weighted by molar-refractivity contribution is 8.00. The Morgan fingerprint density at radius 3 is 2.82 bits per heavy atom. The van der Waals surface area contributed by atoms with E-state index < -0.39 is 0 Å². The zero-order valence-corrected chi connectivity index (χ0v) is 11.5. The van der Waals surface area contributed by atoms with Crippen LogP contribution >= 0.6 is 11.8 Å². The summed E-state index contributed by atoms with van der Waals surface area (Å²) in [5.74, 6) is 2.03. The minimum absolute atomic E-state index is 0.213. The molecule has 2 aliphatic heterocycles. The fraction of sp³-hybridized carbons (Fsp3) is 0.923. The molecule has 2 N–H and O–H groups in total. The fourth-order valence-electron chi connectivity index (χ4n) is 2.78. The van der Waals surface area contributed by atoms with Crippen LogP contribution in [0, 0.1) is 5.92 Å². The molecule has 0 bridgehead atoms. The maximum Gasteiger partial charge on any atom is 0.235 e. The van der Waals surface area contributed by atoms with E-state index in [0.717, 1.165) is 31.7 Å². The molecule has 2 saturated heterocycles. The molecule has 3 nitrogen and oxygen atoms in total. The number of carbonyl (C=O) groups excluding carboxylic acids is 1. The number of nitrogens with zero attached hydrogens (tertiary/aromatic N) is 1. The van der Waals surface area contributed by atoms with Crippen molar-refractivity contribution in [1.82, 2.24) is 4.90 Å². The largest absolute Gasteiger partial charge is 0.341 e. The average molecular weight is 256 g/mol. The van der Waals surface area contributed by atoms with Crippen LogP contribution in [-0.4, -0.2) is 40.9 Å². The quantitative estimate of drug-likeness (QED) is 0.820. The Balaban J connectivity index is 1.89. The molecule has 2 rings (SSSR count). The van der Waals surface area contributed by atoms with E-state index in [0.29, 0.717) is 11.8 Å². The Kier molecular flexibility index (Phi) is 4.74. The van der Waals surface area contributed by atoms with Gasteiger partial charge in [0.15, 0.2) is 0 Å². The van der Waals surface area contributed by atoms with E-state index in [2.05, 4.69) is 11.8 Å². The van der Waals surface area contributed by atoms with Crippen molar-refractivity contribution in [3.05, 3.63) is 0 Å². The second-order valence-electron chi connectivity index (χ2n) is 5.40. The molecule has 0 radical (unpaired) electrons. The highest BCUT2D eigenvalue weighted by Crippen LogP contribution is 2.28. The monoisotopic (exact) mass is 256 g/mol. The molecule has 17 heavy (non-hydrogen) atoms. The zero-order chi connectivity index (χ0) is 12.3. The van der Waals surface area contributed by atoms with Crippen molar-refractivity contribution in [2.45, 2.75) is 50.3 Å². The number of thioether (sulfide) groups is 1. The molecule has 0 aliphatic carbocycles. The normalized spacial score (nSPS) is 32.2. The number of rotatable bonds is 2. The van der Waals surface area contributed by atoms with Crippen LogP contribution in [0.25, 0.3) is 0 Å². The van der Waals surface area contributed by atoms with Gasteiger partial charge in [-0.3, -0.25) is 4.79 Å². The summed E-state index contributed by atoms with van der Waals surface area (Å²) in [7, 11) is 0. The van der Waals surface area contributed by atoms with Gasteiger partial charge in [0.25, 0.3) is 0 Å². The summed E-state index contributed by atoms with van der Waals surface area (Å²) < 4.78 is 0. The second-order valence-corrected chi connectivity index (χ2v) is 6.71. The number of nitrogens with two attached hydrogens (primary N) is 1. The summed E-state index contributed by atoms with van der Waals surface area (Å²) in [6.07, 6.45) is 5.86. The molecule has 0 saturated carbocycles. The van der Waals surface area contributed by atoms with Gasteiger partial charge in [-0.25, -0.2) is 0 Å². The lowest BCUT2D eigenvalue weighted by Gasteiger charge is -2.37. The molecule has 0 aromatic heterocycles. The third-order valence-electron chi connectivity index (χ3n) is 3.97. The summed E-state index contributed by atoms with van der Waals surface area (Å²) in [6, 6.07) is 0.213. The molecule has 98 valence electrons. The first-order chi connectivity index (χ1) is 8.18. The summed E-state index contributed by atoms with van der Waals surface area (Å²) >= 11 is 1.85. The molecule has 3 unspecified atom stereocenters. The van der Waals surface area contributed by atoms with Crippen molar-refractivity contribution in [3.8, 4) is 0 Å². The molecule has 1 amide bonds. The Bertz CT molecular complexity index is 264. The molecule has 2 fully saturated rings. The lowest BCUT2D eigenvalue weighted by Crippen LogP contribution is -2.48. The smallest absolute Gasteiger partial charge is 0.235 e. The minimum atomic E-state index is 0.213. The number of carbonyl (C=O) groups is 1. The van der Waals surface area contributed by atoms with E-state index in [9.17, 15) is 4.79 Å². The number of amides is 1. The standard InChI is InChI=1S/C13H24N2OS/c1-10(14)11-5-4-7-15(9-11)13(16)12-6-2-3-8-17-12/h10-12H,2-9,14H2,1H3. The van der Waals surface area contributed by atoms with Crippen molar-refractivity contribution in [2.75, 3.05) is 18.8 Å². The van der Waals surface area contributed by atoms with Crippen LogP contribution in [0.1, 0.15) is 39.0 Å². The molecule has 2 aliphatic rings. The number of piperidine rings is 1. The molecule has 0 aromatic carbocycles. The van der Waals surface area contributed by atoms with Crippen LogP contribution in [0.5, 0.6) is 0 Å². The molecule has 2 heterocycles. The first-order valence-electron chi connectivity index (χ1n) is 6.84.